The quantitative estimate of drug-likeness (QED) is 0.478. The molecule has 19 heavy (non-hydrogen) atoms. The molecule has 0 aromatic heterocycles. The smallest absolute Gasteiger partial charge is 0.0697 e. The first-order valence-corrected chi connectivity index (χ1v) is 6.71. The predicted molar refractivity (Wildman–Crippen MR) is 76.7 cm³/mol. The fourth-order valence-electron chi connectivity index (χ4n) is 1.72. The second-order valence-corrected chi connectivity index (χ2v) is 5.46. The molecule has 0 fully saturated rings. The Labute approximate surface area is 116 Å². The number of hydrogen-bond donors (Lipinski definition) is 4. The second-order valence-electron chi connectivity index (χ2n) is 5.46. The van der Waals surface area contributed by atoms with Gasteiger partial charge in [0.15, 0.2) is 0 Å². The van der Waals surface area contributed by atoms with Crippen LogP contribution in [0.3, 0.4) is 0 Å². The minimum Gasteiger partial charge on any atom is -0.396 e. The van der Waals surface area contributed by atoms with Crippen molar-refractivity contribution in [2.75, 3.05) is 19.8 Å². The zero-order valence-electron chi connectivity index (χ0n) is 12.3. The predicted octanol–water partition coefficient (Wildman–Crippen LogP) is 1.39. The molecule has 112 valence electrons. The summed E-state index contributed by atoms with van der Waals surface area (Å²) in [6.45, 7) is 4.79. The number of allylic oxidation sites excluding steroid dienone is 3. The van der Waals surface area contributed by atoms with Gasteiger partial charge in [0, 0.05) is 0 Å². The summed E-state index contributed by atoms with van der Waals surface area (Å²) >= 11 is 0. The molecule has 0 aromatic rings. The zero-order valence-corrected chi connectivity index (χ0v) is 12.3. The van der Waals surface area contributed by atoms with Gasteiger partial charge in [0.1, 0.15) is 0 Å². The third kappa shape index (κ3) is 6.34. The Hall–Kier alpha value is -0.680. The number of hydrogen-bond acceptors (Lipinski definition) is 4. The van der Waals surface area contributed by atoms with Gasteiger partial charge in [0.25, 0.3) is 0 Å². The molecule has 0 saturated heterocycles. The van der Waals surface area contributed by atoms with Crippen molar-refractivity contribution in [1.29, 1.82) is 0 Å². The average Bonchev–Trinajstić information content (AvgIpc) is 2.38. The molecule has 1 atom stereocenters. The first-order valence-electron chi connectivity index (χ1n) is 6.71. The van der Waals surface area contributed by atoms with Crippen LogP contribution in [-0.4, -0.2) is 46.4 Å². The fraction of sp³-hybridized carbons (Fsp3) is 0.733. The van der Waals surface area contributed by atoms with E-state index < -0.39 is 31.3 Å². The Bertz CT molecular complexity index is 291. The summed E-state index contributed by atoms with van der Waals surface area (Å²) in [6, 6.07) is 0. The molecule has 0 saturated carbocycles. The van der Waals surface area contributed by atoms with Gasteiger partial charge in [-0.05, 0) is 40.0 Å². The van der Waals surface area contributed by atoms with E-state index in [0.717, 1.165) is 18.4 Å². The Morgan fingerprint density at radius 1 is 1.00 bits per heavy atom. The molecule has 0 amide bonds. The maximum absolute atomic E-state index is 9.99. The SMILES string of the molecule is CC(C)=CCC/C(C)=C\CC(O)C(CO)(CO)CO. The molecule has 0 aliphatic heterocycles. The summed E-state index contributed by atoms with van der Waals surface area (Å²) in [4.78, 5) is 0. The molecule has 0 radical (unpaired) electrons. The van der Waals surface area contributed by atoms with Crippen molar-refractivity contribution in [1.82, 2.24) is 0 Å². The fourth-order valence-corrected chi connectivity index (χ4v) is 1.72. The van der Waals surface area contributed by atoms with Crippen LogP contribution < -0.4 is 0 Å². The molecule has 0 spiro atoms. The first kappa shape index (κ1) is 18.3. The lowest BCUT2D eigenvalue weighted by Crippen LogP contribution is -2.45. The van der Waals surface area contributed by atoms with E-state index in [1.165, 1.54) is 5.57 Å². The van der Waals surface area contributed by atoms with Crippen LogP contribution in [0.15, 0.2) is 23.3 Å². The van der Waals surface area contributed by atoms with Crippen molar-refractivity contribution < 1.29 is 20.4 Å². The maximum Gasteiger partial charge on any atom is 0.0697 e. The van der Waals surface area contributed by atoms with Gasteiger partial charge >= 0.3 is 0 Å². The zero-order chi connectivity index (χ0) is 14.9. The molecule has 4 heteroatoms. The summed E-state index contributed by atoms with van der Waals surface area (Å²) in [5, 5.41) is 37.6. The van der Waals surface area contributed by atoms with Crippen molar-refractivity contribution in [2.24, 2.45) is 5.41 Å². The highest BCUT2D eigenvalue weighted by Crippen LogP contribution is 2.24. The van der Waals surface area contributed by atoms with Crippen LogP contribution in [0.2, 0.25) is 0 Å². The molecule has 4 N–H and O–H groups in total. The maximum atomic E-state index is 9.99. The van der Waals surface area contributed by atoms with E-state index >= 15 is 0 Å². The van der Waals surface area contributed by atoms with Gasteiger partial charge in [-0.1, -0.05) is 23.3 Å². The Kier molecular flexibility index (Phi) is 8.93. The molecule has 0 aromatic carbocycles. The molecular weight excluding hydrogens is 244 g/mol. The van der Waals surface area contributed by atoms with E-state index in [9.17, 15) is 20.4 Å². The number of rotatable bonds is 9. The van der Waals surface area contributed by atoms with Gasteiger partial charge in [0.05, 0.1) is 31.3 Å². The van der Waals surface area contributed by atoms with Crippen molar-refractivity contribution in [3.63, 3.8) is 0 Å². The van der Waals surface area contributed by atoms with Crippen molar-refractivity contribution in [3.8, 4) is 0 Å². The van der Waals surface area contributed by atoms with Crippen molar-refractivity contribution in [2.45, 2.75) is 46.1 Å². The minimum atomic E-state index is -1.23. The van der Waals surface area contributed by atoms with E-state index in [4.69, 9.17) is 0 Å². The number of aliphatic hydroxyl groups is 4. The molecule has 4 nitrogen and oxygen atoms in total. The molecular formula is C15H28O4. The molecule has 1 unspecified atom stereocenters. The largest absolute Gasteiger partial charge is 0.396 e. The molecule has 0 rings (SSSR count). The van der Waals surface area contributed by atoms with Crippen LogP contribution in [0, 0.1) is 5.41 Å². The minimum absolute atomic E-state index is 0.322. The Morgan fingerprint density at radius 2 is 1.53 bits per heavy atom. The molecule has 0 bridgehead atoms. The lowest BCUT2D eigenvalue weighted by Gasteiger charge is -2.32. The van der Waals surface area contributed by atoms with E-state index in [1.54, 1.807) is 0 Å². The van der Waals surface area contributed by atoms with Crippen molar-refractivity contribution in [3.05, 3.63) is 23.3 Å². The summed E-state index contributed by atoms with van der Waals surface area (Å²) in [5.74, 6) is 0. The summed E-state index contributed by atoms with van der Waals surface area (Å²) in [5.41, 5.74) is 1.21. The second kappa shape index (κ2) is 9.26. The average molecular weight is 272 g/mol. The van der Waals surface area contributed by atoms with E-state index in [1.807, 2.05) is 13.0 Å². The molecule has 0 aliphatic carbocycles. The normalized spacial score (nSPS) is 14.4. The van der Waals surface area contributed by atoms with Gasteiger partial charge in [0.2, 0.25) is 0 Å². The lowest BCUT2D eigenvalue weighted by molar-refractivity contribution is -0.0814. The Morgan fingerprint density at radius 3 is 1.95 bits per heavy atom. The van der Waals surface area contributed by atoms with Gasteiger partial charge in [-0.25, -0.2) is 0 Å². The lowest BCUT2D eigenvalue weighted by atomic mass is 9.82. The third-order valence-corrected chi connectivity index (χ3v) is 3.43. The van der Waals surface area contributed by atoms with Gasteiger partial charge < -0.3 is 20.4 Å². The summed E-state index contributed by atoms with van der Waals surface area (Å²) < 4.78 is 0. The highest BCUT2D eigenvalue weighted by molar-refractivity contribution is 5.04. The highest BCUT2D eigenvalue weighted by atomic mass is 16.3. The van der Waals surface area contributed by atoms with E-state index in [0.29, 0.717) is 6.42 Å². The van der Waals surface area contributed by atoms with E-state index in [2.05, 4.69) is 19.9 Å². The molecule has 0 heterocycles. The van der Waals surface area contributed by atoms with E-state index in [-0.39, 0.29) is 0 Å². The Balaban J connectivity index is 4.39. The van der Waals surface area contributed by atoms with Crippen LogP contribution in [0.25, 0.3) is 0 Å². The summed E-state index contributed by atoms with van der Waals surface area (Å²) in [7, 11) is 0. The van der Waals surface area contributed by atoms with Crippen LogP contribution in [0.4, 0.5) is 0 Å². The van der Waals surface area contributed by atoms with Gasteiger partial charge in [-0.15, -0.1) is 0 Å². The van der Waals surface area contributed by atoms with Gasteiger partial charge in [-0.2, -0.15) is 0 Å². The van der Waals surface area contributed by atoms with Crippen LogP contribution in [0.5, 0.6) is 0 Å². The van der Waals surface area contributed by atoms with Crippen LogP contribution in [0.1, 0.15) is 40.0 Å². The first-order chi connectivity index (χ1) is 8.91. The summed E-state index contributed by atoms with van der Waals surface area (Å²) in [6.07, 6.45) is 5.31. The highest BCUT2D eigenvalue weighted by Gasteiger charge is 2.35. The van der Waals surface area contributed by atoms with Crippen LogP contribution in [-0.2, 0) is 0 Å². The molecule has 0 aliphatic rings. The third-order valence-electron chi connectivity index (χ3n) is 3.43. The topological polar surface area (TPSA) is 80.9 Å². The van der Waals surface area contributed by atoms with Gasteiger partial charge in [-0.3, -0.25) is 0 Å². The van der Waals surface area contributed by atoms with Crippen LogP contribution >= 0.6 is 0 Å². The number of aliphatic hydroxyl groups excluding tert-OH is 4. The monoisotopic (exact) mass is 272 g/mol. The van der Waals surface area contributed by atoms with Crippen molar-refractivity contribution >= 4 is 0 Å². The standard InChI is InChI=1S/C15H28O4/c1-12(2)5-4-6-13(3)7-8-14(19)15(9-16,10-17)11-18/h5,7,14,16-19H,4,6,8-11H2,1-3H3/b13-7-.